The molecule has 0 amide bonds. The first kappa shape index (κ1) is 24.3. The Morgan fingerprint density at radius 3 is 2.73 bits per heavy atom. The summed E-state index contributed by atoms with van der Waals surface area (Å²) in [6.07, 6.45) is 0.817. The molecule has 1 fully saturated rings. The van der Waals surface area contributed by atoms with Gasteiger partial charge in [0.15, 0.2) is 11.8 Å². The van der Waals surface area contributed by atoms with Gasteiger partial charge in [0.25, 0.3) is 0 Å². The van der Waals surface area contributed by atoms with Crippen molar-refractivity contribution in [2.45, 2.75) is 52.1 Å². The summed E-state index contributed by atoms with van der Waals surface area (Å²) in [6.45, 7) is 10.3. The summed E-state index contributed by atoms with van der Waals surface area (Å²) in [6, 6.07) is 3.77. The van der Waals surface area contributed by atoms with Gasteiger partial charge in [0.2, 0.25) is 5.89 Å². The van der Waals surface area contributed by atoms with Gasteiger partial charge in [-0.15, -0.1) is 24.0 Å². The molecule has 0 spiro atoms. The first-order chi connectivity index (χ1) is 13.8. The molecule has 3 rings (SSSR count). The third kappa shape index (κ3) is 6.26. The number of aliphatic imine (C=N–C) groups is 1. The fourth-order valence-electron chi connectivity index (χ4n) is 3.12. The lowest BCUT2D eigenvalue weighted by atomic mass is 9.97. The Hall–Kier alpha value is -1.98. The van der Waals surface area contributed by atoms with Gasteiger partial charge in [-0.05, 0) is 25.5 Å². The van der Waals surface area contributed by atoms with E-state index in [0.29, 0.717) is 43.0 Å². The molecular formula is C20H29F2IN6O. The average molecular weight is 534 g/mol. The molecule has 0 bridgehead atoms. The van der Waals surface area contributed by atoms with Crippen molar-refractivity contribution in [1.82, 2.24) is 20.8 Å². The third-order valence-electron chi connectivity index (χ3n) is 4.61. The zero-order valence-electron chi connectivity index (χ0n) is 17.7. The monoisotopic (exact) mass is 534 g/mol. The fraction of sp³-hybridized carbons (Fsp3) is 0.550. The molecule has 0 saturated carbocycles. The Morgan fingerprint density at radius 1 is 1.33 bits per heavy atom. The normalized spacial score (nSPS) is 17.1. The Balaban J connectivity index is 0.00000320. The second-order valence-corrected chi connectivity index (χ2v) is 8.13. The van der Waals surface area contributed by atoms with Crippen LogP contribution < -0.4 is 15.5 Å². The molecule has 1 aliphatic rings. The molecular weight excluding hydrogens is 505 g/mol. The van der Waals surface area contributed by atoms with E-state index >= 15 is 0 Å². The standard InChI is InChI=1S/C20H28F2N6O.HI/c1-5-23-19(24-11-17-26-18(29-27-17)20(2,3)4)25-14-8-9-28(12-14)16-7-6-13(21)10-15(16)22;/h6-7,10,14H,5,8-9,11-12H2,1-4H3,(H2,23,24,25);1H. The minimum atomic E-state index is -0.572. The van der Waals surface area contributed by atoms with Crippen molar-refractivity contribution in [3.8, 4) is 0 Å². The van der Waals surface area contributed by atoms with Crippen LogP contribution >= 0.6 is 24.0 Å². The topological polar surface area (TPSA) is 78.6 Å². The minimum Gasteiger partial charge on any atom is -0.367 e. The Morgan fingerprint density at radius 2 is 2.10 bits per heavy atom. The highest BCUT2D eigenvalue weighted by molar-refractivity contribution is 14.0. The molecule has 2 N–H and O–H groups in total. The predicted molar refractivity (Wildman–Crippen MR) is 123 cm³/mol. The van der Waals surface area contributed by atoms with Crippen molar-refractivity contribution in [2.75, 3.05) is 24.5 Å². The predicted octanol–water partition coefficient (Wildman–Crippen LogP) is 3.60. The van der Waals surface area contributed by atoms with Crippen LogP contribution in [0.1, 0.15) is 45.8 Å². The van der Waals surface area contributed by atoms with E-state index in [1.54, 1.807) is 0 Å². The van der Waals surface area contributed by atoms with E-state index in [-0.39, 0.29) is 42.0 Å². The summed E-state index contributed by atoms with van der Waals surface area (Å²) in [5, 5.41) is 10.6. The van der Waals surface area contributed by atoms with E-state index in [4.69, 9.17) is 4.52 Å². The zero-order chi connectivity index (χ0) is 21.0. The number of anilines is 1. The van der Waals surface area contributed by atoms with Crippen LogP contribution in [0.4, 0.5) is 14.5 Å². The van der Waals surface area contributed by atoms with E-state index in [2.05, 4.69) is 25.8 Å². The van der Waals surface area contributed by atoms with Crippen LogP contribution in [0, 0.1) is 11.6 Å². The summed E-state index contributed by atoms with van der Waals surface area (Å²) in [5.41, 5.74) is 0.208. The number of halogens is 3. The quantitative estimate of drug-likeness (QED) is 0.347. The summed E-state index contributed by atoms with van der Waals surface area (Å²) in [7, 11) is 0. The maximum Gasteiger partial charge on any atom is 0.232 e. The van der Waals surface area contributed by atoms with Gasteiger partial charge < -0.3 is 20.1 Å². The molecule has 30 heavy (non-hydrogen) atoms. The van der Waals surface area contributed by atoms with Crippen LogP contribution in [0.25, 0.3) is 0 Å². The molecule has 0 radical (unpaired) electrons. The maximum atomic E-state index is 14.0. The lowest BCUT2D eigenvalue weighted by Gasteiger charge is -2.20. The lowest BCUT2D eigenvalue weighted by Crippen LogP contribution is -2.44. The van der Waals surface area contributed by atoms with Crippen molar-refractivity contribution in [1.29, 1.82) is 0 Å². The van der Waals surface area contributed by atoms with Gasteiger partial charge in [-0.2, -0.15) is 4.98 Å². The van der Waals surface area contributed by atoms with Gasteiger partial charge in [-0.3, -0.25) is 0 Å². The number of guanidine groups is 1. The molecule has 7 nitrogen and oxygen atoms in total. The van der Waals surface area contributed by atoms with E-state index < -0.39 is 11.6 Å². The molecule has 166 valence electrons. The van der Waals surface area contributed by atoms with Gasteiger partial charge in [-0.1, -0.05) is 25.9 Å². The molecule has 1 atom stereocenters. The van der Waals surface area contributed by atoms with Crippen molar-refractivity contribution in [3.63, 3.8) is 0 Å². The molecule has 1 aromatic heterocycles. The number of aromatic nitrogens is 2. The molecule has 2 heterocycles. The van der Waals surface area contributed by atoms with Crippen molar-refractivity contribution in [3.05, 3.63) is 41.5 Å². The summed E-state index contributed by atoms with van der Waals surface area (Å²) in [4.78, 5) is 10.8. The van der Waals surface area contributed by atoms with Crippen molar-refractivity contribution in [2.24, 2.45) is 4.99 Å². The first-order valence-electron chi connectivity index (χ1n) is 9.84. The number of rotatable bonds is 5. The largest absolute Gasteiger partial charge is 0.367 e. The van der Waals surface area contributed by atoms with E-state index in [1.807, 2.05) is 32.6 Å². The van der Waals surface area contributed by atoms with Gasteiger partial charge >= 0.3 is 0 Å². The Bertz CT molecular complexity index is 867. The van der Waals surface area contributed by atoms with Crippen LogP contribution in [-0.4, -0.2) is 41.8 Å². The van der Waals surface area contributed by atoms with E-state index in [1.165, 1.54) is 12.1 Å². The molecule has 2 aromatic rings. The highest BCUT2D eigenvalue weighted by Crippen LogP contribution is 2.24. The molecule has 1 saturated heterocycles. The molecule has 1 unspecified atom stereocenters. The fourth-order valence-corrected chi connectivity index (χ4v) is 3.12. The first-order valence-corrected chi connectivity index (χ1v) is 9.84. The van der Waals surface area contributed by atoms with Crippen LogP contribution in [0.15, 0.2) is 27.7 Å². The van der Waals surface area contributed by atoms with E-state index in [9.17, 15) is 8.78 Å². The number of nitrogens with zero attached hydrogens (tertiary/aromatic N) is 4. The van der Waals surface area contributed by atoms with Gasteiger partial charge in [0, 0.05) is 37.2 Å². The smallest absolute Gasteiger partial charge is 0.232 e. The van der Waals surface area contributed by atoms with Crippen molar-refractivity contribution < 1.29 is 13.3 Å². The zero-order valence-corrected chi connectivity index (χ0v) is 20.0. The minimum absolute atomic E-state index is 0. The summed E-state index contributed by atoms with van der Waals surface area (Å²) in [5.74, 6) is 0.624. The molecule has 1 aliphatic heterocycles. The van der Waals surface area contributed by atoms with Gasteiger partial charge in [-0.25, -0.2) is 13.8 Å². The third-order valence-corrected chi connectivity index (χ3v) is 4.61. The summed E-state index contributed by atoms with van der Waals surface area (Å²) < 4.78 is 32.5. The molecule has 1 aromatic carbocycles. The van der Waals surface area contributed by atoms with Crippen LogP contribution in [0.2, 0.25) is 0 Å². The number of hydrogen-bond donors (Lipinski definition) is 2. The van der Waals surface area contributed by atoms with Crippen LogP contribution in [-0.2, 0) is 12.0 Å². The lowest BCUT2D eigenvalue weighted by molar-refractivity contribution is 0.318. The SMILES string of the molecule is CCNC(=NCc1noc(C(C)(C)C)n1)NC1CCN(c2ccc(F)cc2F)C1.I. The van der Waals surface area contributed by atoms with Crippen LogP contribution in [0.5, 0.6) is 0 Å². The van der Waals surface area contributed by atoms with E-state index in [0.717, 1.165) is 12.5 Å². The molecule has 10 heteroatoms. The number of benzene rings is 1. The Labute approximate surface area is 192 Å². The highest BCUT2D eigenvalue weighted by atomic mass is 127. The number of hydrogen-bond acceptors (Lipinski definition) is 5. The van der Waals surface area contributed by atoms with Gasteiger partial charge in [0.05, 0.1) is 5.69 Å². The maximum absolute atomic E-state index is 14.0. The van der Waals surface area contributed by atoms with Crippen LogP contribution in [0.3, 0.4) is 0 Å². The van der Waals surface area contributed by atoms with Crippen molar-refractivity contribution >= 4 is 35.6 Å². The second kappa shape index (κ2) is 10.4. The number of nitrogens with one attached hydrogen (secondary N) is 2. The summed E-state index contributed by atoms with van der Waals surface area (Å²) >= 11 is 0. The Kier molecular flexibility index (Phi) is 8.39. The average Bonchev–Trinajstić information content (AvgIpc) is 3.29. The molecule has 0 aliphatic carbocycles. The van der Waals surface area contributed by atoms with Gasteiger partial charge in [0.1, 0.15) is 18.2 Å². The second-order valence-electron chi connectivity index (χ2n) is 8.13. The highest BCUT2D eigenvalue weighted by Gasteiger charge is 2.26.